The molecular weight excluding hydrogens is 234 g/mol. The lowest BCUT2D eigenvalue weighted by molar-refractivity contribution is 1.30. The van der Waals surface area contributed by atoms with Crippen molar-refractivity contribution in [3.05, 3.63) is 82.1 Å². The molecule has 92 valence electrons. The van der Waals surface area contributed by atoms with Crippen LogP contribution in [-0.2, 0) is 0 Å². The number of fused-ring (bicyclic) bond motifs is 1. The molecule has 0 unspecified atom stereocenters. The smallest absolute Gasteiger partial charge is 0.249 e. The first kappa shape index (κ1) is 11.5. The summed E-state index contributed by atoms with van der Waals surface area (Å²) in [4.78, 5) is 14.5. The standard InChI is InChI=1S/C17H13NO/c19-17-12-14(11-10-13-6-2-1-3-7-13)15-8-4-5-9-16(15)18-17/h1-12H,(H,18,19)/b11-10+. The number of para-hydroxylation sites is 1. The summed E-state index contributed by atoms with van der Waals surface area (Å²) in [6, 6.07) is 19.5. The number of benzene rings is 2. The topological polar surface area (TPSA) is 32.9 Å². The van der Waals surface area contributed by atoms with Crippen molar-refractivity contribution in [2.75, 3.05) is 0 Å². The van der Waals surface area contributed by atoms with Gasteiger partial charge in [-0.2, -0.15) is 0 Å². The van der Waals surface area contributed by atoms with E-state index in [9.17, 15) is 4.79 Å². The lowest BCUT2D eigenvalue weighted by atomic mass is 10.1. The third-order valence-electron chi connectivity index (χ3n) is 3.04. The molecule has 0 bridgehead atoms. The first-order chi connectivity index (χ1) is 9.33. The number of hydrogen-bond acceptors (Lipinski definition) is 1. The van der Waals surface area contributed by atoms with E-state index in [-0.39, 0.29) is 5.56 Å². The molecule has 0 fully saturated rings. The number of H-pyrrole nitrogens is 1. The number of rotatable bonds is 2. The highest BCUT2D eigenvalue weighted by Crippen LogP contribution is 2.17. The normalized spacial score (nSPS) is 11.2. The number of aromatic nitrogens is 1. The summed E-state index contributed by atoms with van der Waals surface area (Å²) < 4.78 is 0. The maximum absolute atomic E-state index is 11.6. The molecule has 1 heterocycles. The minimum Gasteiger partial charge on any atom is -0.322 e. The van der Waals surface area contributed by atoms with E-state index < -0.39 is 0 Å². The van der Waals surface area contributed by atoms with E-state index in [2.05, 4.69) is 4.98 Å². The summed E-state index contributed by atoms with van der Waals surface area (Å²) in [6.45, 7) is 0. The van der Waals surface area contributed by atoms with Gasteiger partial charge in [-0.15, -0.1) is 0 Å². The molecule has 0 aliphatic heterocycles. The molecule has 1 aromatic heterocycles. The van der Waals surface area contributed by atoms with Crippen LogP contribution in [-0.4, -0.2) is 4.98 Å². The van der Waals surface area contributed by atoms with Gasteiger partial charge in [0.05, 0.1) is 0 Å². The van der Waals surface area contributed by atoms with Crippen molar-refractivity contribution < 1.29 is 0 Å². The number of nitrogens with one attached hydrogen (secondary N) is 1. The summed E-state index contributed by atoms with van der Waals surface area (Å²) in [6.07, 6.45) is 3.99. The fourth-order valence-electron chi connectivity index (χ4n) is 2.12. The summed E-state index contributed by atoms with van der Waals surface area (Å²) >= 11 is 0. The molecule has 1 N–H and O–H groups in total. The summed E-state index contributed by atoms with van der Waals surface area (Å²) in [5.41, 5.74) is 2.84. The summed E-state index contributed by atoms with van der Waals surface area (Å²) in [5.74, 6) is 0. The average Bonchev–Trinajstić information content (AvgIpc) is 2.45. The second kappa shape index (κ2) is 4.94. The Morgan fingerprint density at radius 1 is 0.842 bits per heavy atom. The van der Waals surface area contributed by atoms with Crippen LogP contribution in [0.25, 0.3) is 23.1 Å². The van der Waals surface area contributed by atoms with Crippen LogP contribution in [0, 0.1) is 0 Å². The van der Waals surface area contributed by atoms with Crippen LogP contribution in [0.2, 0.25) is 0 Å². The molecule has 3 rings (SSSR count). The van der Waals surface area contributed by atoms with Crippen molar-refractivity contribution in [1.29, 1.82) is 0 Å². The third-order valence-corrected chi connectivity index (χ3v) is 3.04. The van der Waals surface area contributed by atoms with Gasteiger partial charge in [0.15, 0.2) is 0 Å². The van der Waals surface area contributed by atoms with Gasteiger partial charge in [-0.05, 0) is 17.2 Å². The first-order valence-corrected chi connectivity index (χ1v) is 6.18. The summed E-state index contributed by atoms with van der Waals surface area (Å²) in [7, 11) is 0. The second-order valence-electron chi connectivity index (χ2n) is 4.38. The van der Waals surface area contributed by atoms with E-state index >= 15 is 0 Å². The van der Waals surface area contributed by atoms with Crippen molar-refractivity contribution >= 4 is 23.1 Å². The van der Waals surface area contributed by atoms with Crippen molar-refractivity contribution in [1.82, 2.24) is 4.98 Å². The predicted octanol–water partition coefficient (Wildman–Crippen LogP) is 3.70. The van der Waals surface area contributed by atoms with Crippen molar-refractivity contribution in [2.24, 2.45) is 0 Å². The molecule has 0 radical (unpaired) electrons. The molecule has 2 heteroatoms. The fraction of sp³-hybridized carbons (Fsp3) is 0. The zero-order chi connectivity index (χ0) is 13.1. The number of hydrogen-bond donors (Lipinski definition) is 1. The van der Waals surface area contributed by atoms with Gasteiger partial charge in [0.1, 0.15) is 0 Å². The predicted molar refractivity (Wildman–Crippen MR) is 79.9 cm³/mol. The molecular formula is C17H13NO. The Bertz CT molecular complexity index is 785. The maximum Gasteiger partial charge on any atom is 0.249 e. The molecule has 3 aromatic rings. The van der Waals surface area contributed by atoms with Crippen LogP contribution >= 0.6 is 0 Å². The minimum absolute atomic E-state index is 0.0774. The van der Waals surface area contributed by atoms with E-state index in [0.717, 1.165) is 22.0 Å². The molecule has 0 saturated carbocycles. The van der Waals surface area contributed by atoms with Crippen LogP contribution in [0.3, 0.4) is 0 Å². The highest BCUT2D eigenvalue weighted by atomic mass is 16.1. The van der Waals surface area contributed by atoms with Gasteiger partial charge in [0.25, 0.3) is 0 Å². The molecule has 2 aromatic carbocycles. The highest BCUT2D eigenvalue weighted by molar-refractivity contribution is 5.90. The lowest BCUT2D eigenvalue weighted by Gasteiger charge is -2.01. The van der Waals surface area contributed by atoms with E-state index in [1.54, 1.807) is 6.07 Å². The molecule has 0 saturated heterocycles. The zero-order valence-corrected chi connectivity index (χ0v) is 10.3. The van der Waals surface area contributed by atoms with Gasteiger partial charge in [-0.25, -0.2) is 0 Å². The van der Waals surface area contributed by atoms with Gasteiger partial charge >= 0.3 is 0 Å². The quantitative estimate of drug-likeness (QED) is 0.736. The first-order valence-electron chi connectivity index (χ1n) is 6.18. The third kappa shape index (κ3) is 2.47. The fourth-order valence-corrected chi connectivity index (χ4v) is 2.12. The van der Waals surface area contributed by atoms with Crippen LogP contribution in [0.15, 0.2) is 65.5 Å². The van der Waals surface area contributed by atoms with Gasteiger partial charge in [-0.1, -0.05) is 60.7 Å². The monoisotopic (exact) mass is 247 g/mol. The van der Waals surface area contributed by atoms with Gasteiger partial charge in [0.2, 0.25) is 5.56 Å². The molecule has 0 atom stereocenters. The number of pyridine rings is 1. The SMILES string of the molecule is O=c1cc(/C=C/c2ccccc2)c2ccccc2[nH]1. The second-order valence-corrected chi connectivity index (χ2v) is 4.38. The minimum atomic E-state index is -0.0774. The molecule has 2 nitrogen and oxygen atoms in total. The van der Waals surface area contributed by atoms with Crippen molar-refractivity contribution in [2.45, 2.75) is 0 Å². The zero-order valence-electron chi connectivity index (χ0n) is 10.3. The van der Waals surface area contributed by atoms with Crippen molar-refractivity contribution in [3.8, 4) is 0 Å². The van der Waals surface area contributed by atoms with Crippen molar-refractivity contribution in [3.63, 3.8) is 0 Å². The average molecular weight is 247 g/mol. The number of aromatic amines is 1. The Balaban J connectivity index is 2.10. The molecule has 0 amide bonds. The van der Waals surface area contributed by atoms with E-state index in [1.165, 1.54) is 0 Å². The largest absolute Gasteiger partial charge is 0.322 e. The molecule has 0 spiro atoms. The van der Waals surface area contributed by atoms with Crippen LogP contribution < -0.4 is 5.56 Å². The highest BCUT2D eigenvalue weighted by Gasteiger charge is 1.99. The van der Waals surface area contributed by atoms with Crippen LogP contribution in [0.4, 0.5) is 0 Å². The van der Waals surface area contributed by atoms with Crippen LogP contribution in [0.5, 0.6) is 0 Å². The Labute approximate surface area is 111 Å². The van der Waals surface area contributed by atoms with Gasteiger partial charge in [-0.3, -0.25) is 4.79 Å². The van der Waals surface area contributed by atoms with Gasteiger partial charge < -0.3 is 4.98 Å². The molecule has 0 aliphatic rings. The molecule has 19 heavy (non-hydrogen) atoms. The van der Waals surface area contributed by atoms with E-state index in [4.69, 9.17) is 0 Å². The van der Waals surface area contributed by atoms with Crippen LogP contribution in [0.1, 0.15) is 11.1 Å². The maximum atomic E-state index is 11.6. The Morgan fingerprint density at radius 3 is 2.42 bits per heavy atom. The Morgan fingerprint density at radius 2 is 1.58 bits per heavy atom. The lowest BCUT2D eigenvalue weighted by Crippen LogP contribution is -2.04. The summed E-state index contributed by atoms with van der Waals surface area (Å²) in [5, 5.41) is 1.05. The molecule has 0 aliphatic carbocycles. The van der Waals surface area contributed by atoms with E-state index in [0.29, 0.717) is 0 Å². The Hall–Kier alpha value is -2.61. The van der Waals surface area contributed by atoms with Gasteiger partial charge in [0, 0.05) is 17.0 Å². The van der Waals surface area contributed by atoms with E-state index in [1.807, 2.05) is 66.7 Å². The Kier molecular flexibility index (Phi) is 2.99.